The number of nitrogens with zero attached hydrogens (tertiary/aromatic N) is 2. The minimum absolute atomic E-state index is 0.395. The van der Waals surface area contributed by atoms with E-state index in [4.69, 9.17) is 11.6 Å². The fraction of sp³-hybridized carbons (Fsp3) is 0.700. The van der Waals surface area contributed by atoms with Gasteiger partial charge in [-0.2, -0.15) is 5.10 Å². The van der Waals surface area contributed by atoms with Gasteiger partial charge in [0.25, 0.3) is 0 Å². The minimum atomic E-state index is 0.395. The highest BCUT2D eigenvalue weighted by atomic mass is 35.5. The van der Waals surface area contributed by atoms with Gasteiger partial charge in [-0.25, -0.2) is 0 Å². The molecule has 0 aliphatic carbocycles. The molecule has 0 fully saturated rings. The normalized spacial score (nSPS) is 13.3. The summed E-state index contributed by atoms with van der Waals surface area (Å²) in [5, 5.41) is 5.28. The van der Waals surface area contributed by atoms with Gasteiger partial charge in [0.2, 0.25) is 0 Å². The molecule has 0 N–H and O–H groups in total. The summed E-state index contributed by atoms with van der Waals surface area (Å²) in [5.41, 5.74) is 2.25. The molecule has 0 saturated heterocycles. The molecule has 1 rings (SSSR count). The molecule has 1 unspecified atom stereocenters. The van der Waals surface area contributed by atoms with Crippen molar-refractivity contribution in [3.8, 4) is 0 Å². The summed E-state index contributed by atoms with van der Waals surface area (Å²) in [4.78, 5) is 0. The van der Waals surface area contributed by atoms with E-state index < -0.39 is 0 Å². The predicted molar refractivity (Wildman–Crippen MR) is 56.4 cm³/mol. The summed E-state index contributed by atoms with van der Waals surface area (Å²) in [6.07, 6.45) is 2.01. The van der Waals surface area contributed by atoms with Gasteiger partial charge in [-0.1, -0.05) is 25.4 Å². The third kappa shape index (κ3) is 1.88. The Hall–Kier alpha value is -0.500. The van der Waals surface area contributed by atoms with Gasteiger partial charge >= 0.3 is 0 Å². The van der Waals surface area contributed by atoms with Crippen LogP contribution in [0.3, 0.4) is 0 Å². The van der Waals surface area contributed by atoms with Crippen LogP contribution < -0.4 is 0 Å². The molecule has 0 aliphatic heterocycles. The fourth-order valence-electron chi connectivity index (χ4n) is 1.34. The summed E-state index contributed by atoms with van der Waals surface area (Å²) in [7, 11) is 0. The summed E-state index contributed by atoms with van der Waals surface area (Å²) < 4.78 is 1.93. The number of hydrogen-bond acceptors (Lipinski definition) is 1. The molecule has 0 saturated carbocycles. The van der Waals surface area contributed by atoms with Crippen molar-refractivity contribution >= 4 is 11.6 Å². The Morgan fingerprint density at radius 2 is 2.08 bits per heavy atom. The van der Waals surface area contributed by atoms with Crippen LogP contribution in [0.1, 0.15) is 44.5 Å². The number of rotatable bonds is 3. The molecule has 1 atom stereocenters. The molecule has 74 valence electrons. The first-order chi connectivity index (χ1) is 6.11. The number of aromatic nitrogens is 2. The average Bonchev–Trinajstić information content (AvgIpc) is 2.43. The zero-order valence-electron chi connectivity index (χ0n) is 8.76. The van der Waals surface area contributed by atoms with Gasteiger partial charge in [0, 0.05) is 5.56 Å². The Labute approximate surface area is 84.9 Å². The molecule has 13 heavy (non-hydrogen) atoms. The highest BCUT2D eigenvalue weighted by Gasteiger charge is 2.13. The highest BCUT2D eigenvalue weighted by molar-refractivity contribution is 6.30. The highest BCUT2D eigenvalue weighted by Crippen LogP contribution is 2.24. The number of aryl methyl sites for hydroxylation is 1. The van der Waals surface area contributed by atoms with Crippen molar-refractivity contribution < 1.29 is 0 Å². The Morgan fingerprint density at radius 1 is 1.46 bits per heavy atom. The van der Waals surface area contributed by atoms with E-state index in [9.17, 15) is 0 Å². The van der Waals surface area contributed by atoms with Crippen molar-refractivity contribution in [1.29, 1.82) is 0 Å². The molecule has 1 aromatic rings. The molecule has 0 radical (unpaired) electrons. The van der Waals surface area contributed by atoms with E-state index in [-0.39, 0.29) is 0 Å². The van der Waals surface area contributed by atoms with E-state index in [1.54, 1.807) is 0 Å². The van der Waals surface area contributed by atoms with Gasteiger partial charge in [-0.05, 0) is 26.7 Å². The molecule has 2 nitrogen and oxygen atoms in total. The van der Waals surface area contributed by atoms with E-state index in [0.29, 0.717) is 6.04 Å². The second kappa shape index (κ2) is 4.14. The van der Waals surface area contributed by atoms with Crippen LogP contribution in [-0.2, 0) is 6.42 Å². The van der Waals surface area contributed by atoms with Crippen LogP contribution in [0.4, 0.5) is 0 Å². The largest absolute Gasteiger partial charge is 0.251 e. The Kier molecular flexibility index (Phi) is 3.37. The SMILES string of the molecule is CCc1nn(C(C)CC)c(Cl)c1C. The van der Waals surface area contributed by atoms with Crippen molar-refractivity contribution in [2.24, 2.45) is 0 Å². The first-order valence-corrected chi connectivity index (χ1v) is 5.23. The maximum atomic E-state index is 6.17. The molecule has 0 aromatic carbocycles. The van der Waals surface area contributed by atoms with Crippen LogP contribution >= 0.6 is 11.6 Å². The predicted octanol–water partition coefficient (Wildman–Crippen LogP) is 3.38. The Morgan fingerprint density at radius 3 is 2.46 bits per heavy atom. The third-order valence-corrected chi connectivity index (χ3v) is 2.97. The van der Waals surface area contributed by atoms with E-state index in [1.807, 2.05) is 11.6 Å². The van der Waals surface area contributed by atoms with E-state index in [2.05, 4.69) is 25.9 Å². The molecule has 0 spiro atoms. The van der Waals surface area contributed by atoms with E-state index in [1.165, 1.54) is 0 Å². The monoisotopic (exact) mass is 200 g/mol. The maximum absolute atomic E-state index is 6.17. The minimum Gasteiger partial charge on any atom is -0.251 e. The smallest absolute Gasteiger partial charge is 0.130 e. The fourth-order valence-corrected chi connectivity index (χ4v) is 1.65. The van der Waals surface area contributed by atoms with Gasteiger partial charge in [0.15, 0.2) is 0 Å². The van der Waals surface area contributed by atoms with Crippen molar-refractivity contribution in [3.63, 3.8) is 0 Å². The summed E-state index contributed by atoms with van der Waals surface area (Å²) in [5.74, 6) is 0. The van der Waals surface area contributed by atoms with Crippen LogP contribution in [0, 0.1) is 6.92 Å². The van der Waals surface area contributed by atoms with Gasteiger partial charge in [0.1, 0.15) is 5.15 Å². The number of halogens is 1. The van der Waals surface area contributed by atoms with Gasteiger partial charge in [-0.3, -0.25) is 4.68 Å². The Balaban J connectivity index is 3.09. The van der Waals surface area contributed by atoms with E-state index in [0.717, 1.165) is 29.3 Å². The maximum Gasteiger partial charge on any atom is 0.130 e. The lowest BCUT2D eigenvalue weighted by atomic mass is 10.2. The lowest BCUT2D eigenvalue weighted by Crippen LogP contribution is -2.06. The molecule has 3 heteroatoms. The van der Waals surface area contributed by atoms with Crippen LogP contribution in [0.2, 0.25) is 5.15 Å². The quantitative estimate of drug-likeness (QED) is 0.732. The van der Waals surface area contributed by atoms with Crippen molar-refractivity contribution in [2.75, 3.05) is 0 Å². The summed E-state index contributed by atoms with van der Waals surface area (Å²) in [6.45, 7) is 8.42. The van der Waals surface area contributed by atoms with Gasteiger partial charge in [-0.15, -0.1) is 0 Å². The first-order valence-electron chi connectivity index (χ1n) is 4.85. The number of hydrogen-bond donors (Lipinski definition) is 0. The van der Waals surface area contributed by atoms with Crippen LogP contribution in [0.25, 0.3) is 0 Å². The summed E-state index contributed by atoms with van der Waals surface area (Å²) >= 11 is 6.17. The average molecular weight is 201 g/mol. The third-order valence-electron chi connectivity index (χ3n) is 2.52. The van der Waals surface area contributed by atoms with Crippen LogP contribution in [0.15, 0.2) is 0 Å². The molecule has 0 amide bonds. The van der Waals surface area contributed by atoms with Crippen molar-refractivity contribution in [1.82, 2.24) is 9.78 Å². The molecule has 1 heterocycles. The van der Waals surface area contributed by atoms with Crippen molar-refractivity contribution in [2.45, 2.75) is 46.6 Å². The lowest BCUT2D eigenvalue weighted by molar-refractivity contribution is 0.475. The molecule has 0 bridgehead atoms. The van der Waals surface area contributed by atoms with Crippen LogP contribution in [-0.4, -0.2) is 9.78 Å². The molecular formula is C10H17ClN2. The van der Waals surface area contributed by atoms with Crippen molar-refractivity contribution in [3.05, 3.63) is 16.4 Å². The van der Waals surface area contributed by atoms with Gasteiger partial charge in [0.05, 0.1) is 11.7 Å². The zero-order valence-corrected chi connectivity index (χ0v) is 9.52. The Bertz CT molecular complexity index is 291. The van der Waals surface area contributed by atoms with Crippen LogP contribution in [0.5, 0.6) is 0 Å². The zero-order chi connectivity index (χ0) is 10.0. The molecular weight excluding hydrogens is 184 g/mol. The topological polar surface area (TPSA) is 17.8 Å². The second-order valence-electron chi connectivity index (χ2n) is 3.42. The molecule has 1 aromatic heterocycles. The second-order valence-corrected chi connectivity index (χ2v) is 3.78. The summed E-state index contributed by atoms with van der Waals surface area (Å²) in [6, 6.07) is 0.395. The molecule has 0 aliphatic rings. The lowest BCUT2D eigenvalue weighted by Gasteiger charge is -2.09. The van der Waals surface area contributed by atoms with Gasteiger partial charge < -0.3 is 0 Å². The first kappa shape index (κ1) is 10.6. The standard InChI is InChI=1S/C10H17ClN2/c1-5-7(3)13-10(11)8(4)9(6-2)12-13/h7H,5-6H2,1-4H3. The van der Waals surface area contributed by atoms with E-state index >= 15 is 0 Å².